The lowest BCUT2D eigenvalue weighted by atomic mass is 10.1. The van der Waals surface area contributed by atoms with Gasteiger partial charge in [0.25, 0.3) is 0 Å². The molecular formula is C18H20ClN5O4S. The minimum Gasteiger partial charge on any atom is -0.465 e. The first-order chi connectivity index (χ1) is 13.9. The lowest BCUT2D eigenvalue weighted by Crippen LogP contribution is -2.53. The summed E-state index contributed by atoms with van der Waals surface area (Å²) in [5.41, 5.74) is 0.750. The lowest BCUT2D eigenvalue weighted by molar-refractivity contribution is -0.142. The first-order valence-corrected chi connectivity index (χ1v) is 10.3. The third-order valence-electron chi connectivity index (χ3n) is 4.13. The molecule has 2 atom stereocenters. The average Bonchev–Trinajstić information content (AvgIpc) is 3.03. The molecule has 2 heterocycles. The molecule has 9 nitrogen and oxygen atoms in total. The number of hydrogen-bond acceptors (Lipinski definition) is 7. The maximum Gasteiger partial charge on any atom is 0.321 e. The van der Waals surface area contributed by atoms with Crippen LogP contribution < -0.4 is 10.6 Å². The van der Waals surface area contributed by atoms with E-state index in [9.17, 15) is 14.4 Å². The van der Waals surface area contributed by atoms with Crippen LogP contribution in [0.15, 0.2) is 29.4 Å². The molecule has 11 heteroatoms. The van der Waals surface area contributed by atoms with Crippen LogP contribution in [0.1, 0.15) is 26.1 Å². The molecule has 3 amide bonds. The van der Waals surface area contributed by atoms with Crippen LogP contribution in [0, 0.1) is 0 Å². The Morgan fingerprint density at radius 2 is 2.07 bits per heavy atom. The fourth-order valence-corrected chi connectivity index (χ4v) is 3.85. The molecule has 2 aromatic rings. The van der Waals surface area contributed by atoms with Crippen molar-refractivity contribution < 1.29 is 19.1 Å². The Morgan fingerprint density at radius 1 is 1.34 bits per heavy atom. The van der Waals surface area contributed by atoms with E-state index < -0.39 is 17.3 Å². The zero-order chi connectivity index (χ0) is 21.0. The van der Waals surface area contributed by atoms with Crippen LogP contribution in [-0.4, -0.2) is 50.6 Å². The van der Waals surface area contributed by atoms with Gasteiger partial charge in [0.15, 0.2) is 5.16 Å². The molecule has 0 spiro atoms. The van der Waals surface area contributed by atoms with Gasteiger partial charge in [0, 0.05) is 29.6 Å². The van der Waals surface area contributed by atoms with Gasteiger partial charge in [-0.05, 0) is 38.1 Å². The largest absolute Gasteiger partial charge is 0.465 e. The zero-order valence-electron chi connectivity index (χ0n) is 15.8. The van der Waals surface area contributed by atoms with E-state index >= 15 is 0 Å². The van der Waals surface area contributed by atoms with Gasteiger partial charge in [-0.1, -0.05) is 23.4 Å². The van der Waals surface area contributed by atoms with Crippen molar-refractivity contribution in [3.63, 3.8) is 0 Å². The van der Waals surface area contributed by atoms with Crippen molar-refractivity contribution in [1.82, 2.24) is 25.4 Å². The van der Waals surface area contributed by atoms with Crippen LogP contribution in [-0.2, 0) is 20.7 Å². The lowest BCUT2D eigenvalue weighted by Gasteiger charge is -2.23. The van der Waals surface area contributed by atoms with Crippen molar-refractivity contribution in [2.45, 2.75) is 43.1 Å². The standard InChI is InChI=1S/C18H20ClN5O4S/c1-3-28-16(26)10(2)29-18-23-22-14(8-12-9-15(25)21-17(27)20-12)24(18)13-6-4-11(19)5-7-13/h4-7,10,12H,3,8-9H2,1-2H3,(H2,20,21,25,27). The van der Waals surface area contributed by atoms with E-state index in [2.05, 4.69) is 20.8 Å². The number of imide groups is 1. The first kappa shape index (κ1) is 21.1. The molecule has 154 valence electrons. The van der Waals surface area contributed by atoms with E-state index in [1.54, 1.807) is 42.7 Å². The van der Waals surface area contributed by atoms with Crippen molar-refractivity contribution >= 4 is 41.3 Å². The molecule has 0 radical (unpaired) electrons. The monoisotopic (exact) mass is 437 g/mol. The number of ether oxygens (including phenoxy) is 1. The van der Waals surface area contributed by atoms with Gasteiger partial charge in [0.05, 0.1) is 6.61 Å². The fourth-order valence-electron chi connectivity index (χ4n) is 2.84. The van der Waals surface area contributed by atoms with Gasteiger partial charge in [-0.2, -0.15) is 0 Å². The molecule has 3 rings (SSSR count). The van der Waals surface area contributed by atoms with Gasteiger partial charge in [-0.25, -0.2) is 4.79 Å². The maximum absolute atomic E-state index is 12.0. The Balaban J connectivity index is 1.90. The van der Waals surface area contributed by atoms with Crippen LogP contribution in [0.25, 0.3) is 5.69 Å². The summed E-state index contributed by atoms with van der Waals surface area (Å²) in [4.78, 5) is 35.3. The van der Waals surface area contributed by atoms with E-state index in [-0.39, 0.29) is 18.3 Å². The molecular weight excluding hydrogens is 418 g/mol. The Kier molecular flexibility index (Phi) is 6.75. The van der Waals surface area contributed by atoms with Crippen molar-refractivity contribution in [3.8, 4) is 5.69 Å². The second-order valence-corrected chi connectivity index (χ2v) is 8.09. The van der Waals surface area contributed by atoms with Gasteiger partial charge >= 0.3 is 12.0 Å². The molecule has 1 aromatic heterocycles. The van der Waals surface area contributed by atoms with Crippen molar-refractivity contribution in [3.05, 3.63) is 35.1 Å². The number of nitrogens with zero attached hydrogens (tertiary/aromatic N) is 3. The highest BCUT2D eigenvalue weighted by Gasteiger charge is 2.28. The number of rotatable bonds is 7. The number of halogens is 1. The van der Waals surface area contributed by atoms with Crippen LogP contribution in [0.3, 0.4) is 0 Å². The quantitative estimate of drug-likeness (QED) is 0.503. The highest BCUT2D eigenvalue weighted by molar-refractivity contribution is 8.00. The van der Waals surface area contributed by atoms with Crippen LogP contribution in [0.5, 0.6) is 0 Å². The summed E-state index contributed by atoms with van der Waals surface area (Å²) in [6.07, 6.45) is 0.435. The number of carbonyl (C=O) groups is 3. The highest BCUT2D eigenvalue weighted by atomic mass is 35.5. The third kappa shape index (κ3) is 5.27. The molecule has 1 aliphatic rings. The number of thioether (sulfide) groups is 1. The topological polar surface area (TPSA) is 115 Å². The molecule has 0 aliphatic carbocycles. The summed E-state index contributed by atoms with van der Waals surface area (Å²) in [6, 6.07) is 6.14. The molecule has 1 aromatic carbocycles. The molecule has 1 saturated heterocycles. The summed E-state index contributed by atoms with van der Waals surface area (Å²) in [5, 5.41) is 14.0. The number of esters is 1. The Morgan fingerprint density at radius 3 is 2.72 bits per heavy atom. The van der Waals surface area contributed by atoms with Gasteiger partial charge in [-0.3, -0.25) is 19.5 Å². The molecule has 2 N–H and O–H groups in total. The summed E-state index contributed by atoms with van der Waals surface area (Å²) in [5.74, 6) is -0.145. The van der Waals surface area contributed by atoms with Crippen molar-refractivity contribution in [2.75, 3.05) is 6.61 Å². The van der Waals surface area contributed by atoms with Crippen molar-refractivity contribution in [1.29, 1.82) is 0 Å². The molecule has 0 bridgehead atoms. The minimum atomic E-state index is -0.533. The normalized spacial score (nSPS) is 17.4. The van der Waals surface area contributed by atoms with Crippen LogP contribution in [0.4, 0.5) is 4.79 Å². The van der Waals surface area contributed by atoms with Gasteiger partial charge in [-0.15, -0.1) is 10.2 Å². The smallest absolute Gasteiger partial charge is 0.321 e. The molecule has 0 saturated carbocycles. The SMILES string of the molecule is CCOC(=O)C(C)Sc1nnc(CC2CC(=O)NC(=O)N2)n1-c1ccc(Cl)cc1. The summed E-state index contributed by atoms with van der Waals surface area (Å²) in [6.45, 7) is 3.77. The fraction of sp³-hybridized carbons (Fsp3) is 0.389. The Hall–Kier alpha value is -2.59. The Labute approximate surface area is 176 Å². The zero-order valence-corrected chi connectivity index (χ0v) is 17.4. The number of nitrogens with one attached hydrogen (secondary N) is 2. The average molecular weight is 438 g/mol. The van der Waals surface area contributed by atoms with E-state index in [1.165, 1.54) is 11.8 Å². The van der Waals surface area contributed by atoms with E-state index in [1.807, 2.05) is 0 Å². The summed E-state index contributed by atoms with van der Waals surface area (Å²) in [7, 11) is 0. The Bertz CT molecular complexity index is 901. The van der Waals surface area contributed by atoms with Crippen molar-refractivity contribution in [2.24, 2.45) is 0 Å². The third-order valence-corrected chi connectivity index (χ3v) is 5.41. The second kappa shape index (κ2) is 9.27. The van der Waals surface area contributed by atoms with Gasteiger partial charge < -0.3 is 10.1 Å². The van der Waals surface area contributed by atoms with E-state index in [0.29, 0.717) is 29.0 Å². The van der Waals surface area contributed by atoms with E-state index in [4.69, 9.17) is 16.3 Å². The molecule has 1 aliphatic heterocycles. The number of aromatic nitrogens is 3. The predicted molar refractivity (Wildman–Crippen MR) is 107 cm³/mol. The van der Waals surface area contributed by atoms with Crippen LogP contribution >= 0.6 is 23.4 Å². The van der Waals surface area contributed by atoms with Gasteiger partial charge in [0.1, 0.15) is 11.1 Å². The molecule has 1 fully saturated rings. The number of benzene rings is 1. The molecule has 29 heavy (non-hydrogen) atoms. The number of hydrogen-bond donors (Lipinski definition) is 2. The number of amides is 3. The predicted octanol–water partition coefficient (Wildman–Crippen LogP) is 2.10. The summed E-state index contributed by atoms with van der Waals surface area (Å²) >= 11 is 7.22. The highest BCUT2D eigenvalue weighted by Crippen LogP contribution is 2.27. The maximum atomic E-state index is 12.0. The minimum absolute atomic E-state index is 0.140. The van der Waals surface area contributed by atoms with Gasteiger partial charge in [0.2, 0.25) is 5.91 Å². The first-order valence-electron chi connectivity index (χ1n) is 9.01. The van der Waals surface area contributed by atoms with Crippen LogP contribution in [0.2, 0.25) is 5.02 Å². The number of urea groups is 1. The number of carbonyl (C=O) groups excluding carboxylic acids is 3. The molecule has 2 unspecified atom stereocenters. The summed E-state index contributed by atoms with van der Waals surface area (Å²) < 4.78 is 6.85. The second-order valence-electron chi connectivity index (χ2n) is 6.35. The van der Waals surface area contributed by atoms with E-state index in [0.717, 1.165) is 5.69 Å².